The van der Waals surface area contributed by atoms with Crippen molar-refractivity contribution in [1.82, 2.24) is 9.29 Å². The van der Waals surface area contributed by atoms with Gasteiger partial charge >= 0.3 is 0 Å². The first-order chi connectivity index (χ1) is 10.1. The summed E-state index contributed by atoms with van der Waals surface area (Å²) >= 11 is 0. The zero-order valence-electron chi connectivity index (χ0n) is 11.7. The van der Waals surface area contributed by atoms with E-state index in [1.165, 1.54) is 12.3 Å². The third kappa shape index (κ3) is 2.76. The molecular weight excluding hydrogens is 292 g/mol. The maximum Gasteiger partial charge on any atom is 0.245 e. The molecule has 1 aliphatic carbocycles. The lowest BCUT2D eigenvalue weighted by atomic mass is 9.91. The number of anilines is 1. The first kappa shape index (κ1) is 14.7. The van der Waals surface area contributed by atoms with Crippen LogP contribution in [0, 0.1) is 0 Å². The average molecular weight is 312 g/mol. The molecule has 0 spiro atoms. The summed E-state index contributed by atoms with van der Waals surface area (Å²) in [6, 6.07) is 3.04. The van der Waals surface area contributed by atoms with E-state index in [1.807, 2.05) is 0 Å². The fourth-order valence-corrected chi connectivity index (χ4v) is 4.72. The fourth-order valence-electron chi connectivity index (χ4n) is 3.11. The molecule has 2 aliphatic rings. The summed E-state index contributed by atoms with van der Waals surface area (Å²) in [5.74, 6) is 5.69. The maximum atomic E-state index is 12.8. The molecule has 0 radical (unpaired) electrons. The Labute approximate surface area is 124 Å². The number of rotatable bonds is 3. The molecule has 0 amide bonds. The predicted octanol–water partition coefficient (Wildman–Crippen LogP) is 0.699. The zero-order chi connectivity index (χ0) is 14.9. The molecule has 8 heteroatoms. The van der Waals surface area contributed by atoms with E-state index in [4.69, 9.17) is 10.6 Å². The number of hydrogen-bond acceptors (Lipinski definition) is 6. The lowest BCUT2D eigenvalue weighted by Crippen LogP contribution is -2.54. The van der Waals surface area contributed by atoms with Crippen LogP contribution >= 0.6 is 0 Å². The summed E-state index contributed by atoms with van der Waals surface area (Å²) in [6.07, 6.45) is 5.32. The van der Waals surface area contributed by atoms with Gasteiger partial charge in [-0.25, -0.2) is 19.2 Å². The van der Waals surface area contributed by atoms with E-state index < -0.39 is 10.0 Å². The van der Waals surface area contributed by atoms with Gasteiger partial charge < -0.3 is 10.2 Å². The van der Waals surface area contributed by atoms with Crippen LogP contribution in [-0.4, -0.2) is 43.0 Å². The second-order valence-electron chi connectivity index (χ2n) is 5.40. The summed E-state index contributed by atoms with van der Waals surface area (Å²) in [6.45, 7) is 0.858. The SMILES string of the molecule is NNc1ccc(S(=O)(=O)N2CCOC3CCCCC32)cn1. The first-order valence-corrected chi connectivity index (χ1v) is 8.63. The van der Waals surface area contributed by atoms with Gasteiger partial charge in [0.05, 0.1) is 18.8 Å². The third-order valence-electron chi connectivity index (χ3n) is 4.17. The van der Waals surface area contributed by atoms with Crippen LogP contribution in [0.2, 0.25) is 0 Å². The van der Waals surface area contributed by atoms with Gasteiger partial charge in [0.2, 0.25) is 10.0 Å². The Hall–Kier alpha value is -1.22. The molecule has 1 saturated heterocycles. The quantitative estimate of drug-likeness (QED) is 0.630. The molecule has 0 aromatic carbocycles. The molecule has 1 aromatic heterocycles. The number of pyridine rings is 1. The Balaban J connectivity index is 1.88. The number of nitrogens with two attached hydrogens (primary N) is 1. The van der Waals surface area contributed by atoms with Crippen molar-refractivity contribution in [2.75, 3.05) is 18.6 Å². The van der Waals surface area contributed by atoms with E-state index in [2.05, 4.69) is 10.4 Å². The van der Waals surface area contributed by atoms with Crippen LogP contribution < -0.4 is 11.3 Å². The van der Waals surface area contributed by atoms with E-state index in [9.17, 15) is 8.42 Å². The number of nitrogens with zero attached hydrogens (tertiary/aromatic N) is 2. The molecule has 2 unspecified atom stereocenters. The van der Waals surface area contributed by atoms with Crippen molar-refractivity contribution in [3.63, 3.8) is 0 Å². The van der Waals surface area contributed by atoms with Crippen molar-refractivity contribution in [3.05, 3.63) is 18.3 Å². The fraction of sp³-hybridized carbons (Fsp3) is 0.615. The Morgan fingerprint density at radius 1 is 1.33 bits per heavy atom. The minimum atomic E-state index is -3.54. The first-order valence-electron chi connectivity index (χ1n) is 7.19. The van der Waals surface area contributed by atoms with Crippen LogP contribution in [0.15, 0.2) is 23.2 Å². The monoisotopic (exact) mass is 312 g/mol. The summed E-state index contributed by atoms with van der Waals surface area (Å²) in [7, 11) is -3.54. The molecule has 3 rings (SSSR count). The van der Waals surface area contributed by atoms with Crippen LogP contribution in [0.5, 0.6) is 0 Å². The van der Waals surface area contributed by atoms with E-state index in [0.29, 0.717) is 19.0 Å². The lowest BCUT2D eigenvalue weighted by molar-refractivity contribution is -0.0586. The number of nitrogen functional groups attached to an aromatic ring is 1. The van der Waals surface area contributed by atoms with E-state index in [1.54, 1.807) is 10.4 Å². The van der Waals surface area contributed by atoms with Gasteiger partial charge in [0.25, 0.3) is 0 Å². The van der Waals surface area contributed by atoms with Crippen molar-refractivity contribution in [2.45, 2.75) is 42.7 Å². The predicted molar refractivity (Wildman–Crippen MR) is 77.9 cm³/mol. The number of hydrogen-bond donors (Lipinski definition) is 2. The van der Waals surface area contributed by atoms with Gasteiger partial charge in [-0.15, -0.1) is 0 Å². The Bertz CT molecular complexity index is 588. The molecule has 0 bridgehead atoms. The molecule has 21 heavy (non-hydrogen) atoms. The highest BCUT2D eigenvalue weighted by molar-refractivity contribution is 7.89. The van der Waals surface area contributed by atoms with E-state index in [0.717, 1.165) is 25.7 Å². The van der Waals surface area contributed by atoms with Gasteiger partial charge in [0, 0.05) is 12.7 Å². The summed E-state index contributed by atoms with van der Waals surface area (Å²) in [5.41, 5.74) is 2.39. The second-order valence-corrected chi connectivity index (χ2v) is 7.29. The van der Waals surface area contributed by atoms with Gasteiger partial charge in [-0.2, -0.15) is 4.31 Å². The molecule has 2 heterocycles. The van der Waals surface area contributed by atoms with Crippen molar-refractivity contribution >= 4 is 15.8 Å². The highest BCUT2D eigenvalue weighted by atomic mass is 32.2. The van der Waals surface area contributed by atoms with Crippen molar-refractivity contribution < 1.29 is 13.2 Å². The largest absolute Gasteiger partial charge is 0.375 e. The number of sulfonamides is 1. The summed E-state index contributed by atoms with van der Waals surface area (Å²) in [5, 5.41) is 0. The van der Waals surface area contributed by atoms with E-state index >= 15 is 0 Å². The van der Waals surface area contributed by atoms with Crippen LogP contribution in [-0.2, 0) is 14.8 Å². The molecule has 2 fully saturated rings. The standard InChI is InChI=1S/C13H20N4O3S/c14-16-13-6-5-10(9-15-13)21(18,19)17-7-8-20-12-4-2-1-3-11(12)17/h5-6,9,11-12H,1-4,7-8,14H2,(H,15,16). The molecule has 3 N–H and O–H groups in total. The molecular formula is C13H20N4O3S. The third-order valence-corrected chi connectivity index (χ3v) is 6.08. The second kappa shape index (κ2) is 5.88. The number of nitrogens with one attached hydrogen (secondary N) is 1. The average Bonchev–Trinajstić information content (AvgIpc) is 2.54. The number of aromatic nitrogens is 1. The van der Waals surface area contributed by atoms with Crippen LogP contribution in [0.4, 0.5) is 5.82 Å². The van der Waals surface area contributed by atoms with Gasteiger partial charge in [0.15, 0.2) is 0 Å². The summed E-state index contributed by atoms with van der Waals surface area (Å²) in [4.78, 5) is 4.19. The molecule has 2 atom stereocenters. The Kier molecular flexibility index (Phi) is 4.12. The van der Waals surface area contributed by atoms with Gasteiger partial charge in [-0.3, -0.25) is 0 Å². The normalized spacial score (nSPS) is 27.1. The molecule has 1 aliphatic heterocycles. The number of hydrazine groups is 1. The molecule has 1 aromatic rings. The zero-order valence-corrected chi connectivity index (χ0v) is 12.6. The van der Waals surface area contributed by atoms with Crippen molar-refractivity contribution in [3.8, 4) is 0 Å². The molecule has 1 saturated carbocycles. The minimum Gasteiger partial charge on any atom is -0.375 e. The highest BCUT2D eigenvalue weighted by Crippen LogP contribution is 2.32. The van der Waals surface area contributed by atoms with Crippen LogP contribution in [0.1, 0.15) is 25.7 Å². The number of morpholine rings is 1. The van der Waals surface area contributed by atoms with E-state index in [-0.39, 0.29) is 17.0 Å². The lowest BCUT2D eigenvalue weighted by Gasteiger charge is -2.42. The molecule has 116 valence electrons. The smallest absolute Gasteiger partial charge is 0.245 e. The maximum absolute atomic E-state index is 12.8. The Morgan fingerprint density at radius 3 is 2.86 bits per heavy atom. The number of ether oxygens (including phenoxy) is 1. The van der Waals surface area contributed by atoms with Crippen LogP contribution in [0.3, 0.4) is 0 Å². The Morgan fingerprint density at radius 2 is 2.14 bits per heavy atom. The van der Waals surface area contributed by atoms with Crippen LogP contribution in [0.25, 0.3) is 0 Å². The van der Waals surface area contributed by atoms with Crippen molar-refractivity contribution in [2.24, 2.45) is 5.84 Å². The van der Waals surface area contributed by atoms with Crippen molar-refractivity contribution in [1.29, 1.82) is 0 Å². The van der Waals surface area contributed by atoms with Gasteiger partial charge in [-0.05, 0) is 25.0 Å². The minimum absolute atomic E-state index is 0.0280. The highest BCUT2D eigenvalue weighted by Gasteiger charge is 2.40. The van der Waals surface area contributed by atoms with Gasteiger partial charge in [-0.1, -0.05) is 12.8 Å². The number of fused-ring (bicyclic) bond motifs is 1. The topological polar surface area (TPSA) is 97.5 Å². The molecule has 7 nitrogen and oxygen atoms in total. The summed E-state index contributed by atoms with van der Waals surface area (Å²) < 4.78 is 33.0. The van der Waals surface area contributed by atoms with Gasteiger partial charge in [0.1, 0.15) is 10.7 Å².